The second-order valence-electron chi connectivity index (χ2n) is 6.18. The van der Waals surface area contributed by atoms with Crippen LogP contribution in [-0.4, -0.2) is 43.0 Å². The Kier molecular flexibility index (Phi) is 6.26. The molecule has 0 aliphatic carbocycles. The van der Waals surface area contributed by atoms with Gasteiger partial charge in [0.15, 0.2) is 0 Å². The van der Waals surface area contributed by atoms with Crippen molar-refractivity contribution in [3.05, 3.63) is 64.7 Å². The Balaban J connectivity index is 1.53. The Bertz CT molecular complexity index is 771. The number of morpholine rings is 1. The fourth-order valence-corrected chi connectivity index (χ4v) is 3.03. The number of nitrogens with one attached hydrogen (secondary N) is 1. The van der Waals surface area contributed by atoms with Crippen LogP contribution in [0.1, 0.15) is 11.1 Å². The Morgan fingerprint density at radius 2 is 1.69 bits per heavy atom. The zero-order valence-corrected chi connectivity index (χ0v) is 15.2. The topological polar surface area (TPSA) is 58.6 Å². The fraction of sp³-hybridized carbons (Fsp3) is 0.300. The molecule has 26 heavy (non-hydrogen) atoms. The van der Waals surface area contributed by atoms with Crippen molar-refractivity contribution in [3.8, 4) is 0 Å². The maximum atomic E-state index is 12.3. The Morgan fingerprint density at radius 1 is 1.00 bits per heavy atom. The number of halogens is 1. The van der Waals surface area contributed by atoms with Crippen molar-refractivity contribution in [3.63, 3.8) is 0 Å². The molecule has 1 heterocycles. The predicted molar refractivity (Wildman–Crippen MR) is 101 cm³/mol. The summed E-state index contributed by atoms with van der Waals surface area (Å²) in [5, 5.41) is 3.44. The lowest BCUT2D eigenvalue weighted by atomic mass is 10.1. The van der Waals surface area contributed by atoms with Gasteiger partial charge < -0.3 is 15.0 Å². The van der Waals surface area contributed by atoms with Crippen molar-refractivity contribution >= 4 is 29.1 Å². The molecule has 0 saturated carbocycles. The summed E-state index contributed by atoms with van der Waals surface area (Å²) in [5.74, 6) is -0.0287. The van der Waals surface area contributed by atoms with E-state index in [-0.39, 0.29) is 18.2 Å². The molecule has 0 bridgehead atoms. The number of benzene rings is 2. The number of hydrogen-bond acceptors (Lipinski definition) is 3. The average Bonchev–Trinajstić information content (AvgIpc) is 2.66. The van der Waals surface area contributed by atoms with Crippen LogP contribution in [-0.2, 0) is 27.2 Å². The molecule has 1 aliphatic heterocycles. The second kappa shape index (κ2) is 8.83. The molecule has 136 valence electrons. The highest BCUT2D eigenvalue weighted by atomic mass is 35.5. The molecule has 1 N–H and O–H groups in total. The number of carbonyl (C=O) groups is 2. The third-order valence-corrected chi connectivity index (χ3v) is 4.63. The predicted octanol–water partition coefficient (Wildman–Crippen LogP) is 2.92. The normalized spacial score (nSPS) is 14.1. The van der Waals surface area contributed by atoms with Crippen LogP contribution < -0.4 is 5.32 Å². The van der Waals surface area contributed by atoms with E-state index >= 15 is 0 Å². The van der Waals surface area contributed by atoms with E-state index in [0.717, 1.165) is 11.1 Å². The summed E-state index contributed by atoms with van der Waals surface area (Å²) in [4.78, 5) is 26.2. The van der Waals surface area contributed by atoms with Gasteiger partial charge in [0, 0.05) is 23.8 Å². The minimum atomic E-state index is -0.129. The highest BCUT2D eigenvalue weighted by Crippen LogP contribution is 2.17. The number of amides is 2. The van der Waals surface area contributed by atoms with Gasteiger partial charge in [0.2, 0.25) is 11.8 Å². The Hall–Kier alpha value is -2.37. The van der Waals surface area contributed by atoms with Crippen LogP contribution in [0.2, 0.25) is 5.02 Å². The van der Waals surface area contributed by atoms with Crippen molar-refractivity contribution < 1.29 is 14.3 Å². The van der Waals surface area contributed by atoms with Gasteiger partial charge in [0.05, 0.1) is 26.1 Å². The van der Waals surface area contributed by atoms with Crippen LogP contribution in [0.25, 0.3) is 0 Å². The molecule has 1 aliphatic rings. The summed E-state index contributed by atoms with van der Waals surface area (Å²) in [7, 11) is 0. The molecule has 3 rings (SSSR count). The molecule has 0 radical (unpaired) electrons. The number of anilines is 1. The largest absolute Gasteiger partial charge is 0.378 e. The highest BCUT2D eigenvalue weighted by Gasteiger charge is 2.17. The molecule has 6 heteroatoms. The maximum Gasteiger partial charge on any atom is 0.228 e. The first-order valence-electron chi connectivity index (χ1n) is 8.59. The quantitative estimate of drug-likeness (QED) is 0.877. The van der Waals surface area contributed by atoms with E-state index in [4.69, 9.17) is 16.3 Å². The van der Waals surface area contributed by atoms with Gasteiger partial charge in [-0.05, 0) is 29.3 Å². The monoisotopic (exact) mass is 372 g/mol. The zero-order valence-electron chi connectivity index (χ0n) is 14.4. The van der Waals surface area contributed by atoms with E-state index in [0.29, 0.717) is 43.4 Å². The summed E-state index contributed by atoms with van der Waals surface area (Å²) < 4.78 is 5.26. The van der Waals surface area contributed by atoms with E-state index in [2.05, 4.69) is 5.32 Å². The minimum Gasteiger partial charge on any atom is -0.378 e. The first-order chi connectivity index (χ1) is 12.6. The van der Waals surface area contributed by atoms with Crippen molar-refractivity contribution in [1.29, 1.82) is 0 Å². The van der Waals surface area contributed by atoms with E-state index in [1.54, 1.807) is 6.07 Å². The molecule has 0 unspecified atom stereocenters. The molecule has 0 spiro atoms. The smallest absolute Gasteiger partial charge is 0.228 e. The third-order valence-electron chi connectivity index (χ3n) is 4.27. The summed E-state index contributed by atoms with van der Waals surface area (Å²) >= 11 is 6.08. The molecule has 2 amide bonds. The molecule has 5 nitrogen and oxygen atoms in total. The van der Waals surface area contributed by atoms with Gasteiger partial charge in [-0.25, -0.2) is 0 Å². The van der Waals surface area contributed by atoms with Crippen LogP contribution in [0, 0.1) is 0 Å². The average molecular weight is 373 g/mol. The van der Waals surface area contributed by atoms with Crippen LogP contribution >= 0.6 is 11.6 Å². The van der Waals surface area contributed by atoms with Gasteiger partial charge in [-0.2, -0.15) is 0 Å². The molecule has 0 aromatic heterocycles. The summed E-state index contributed by atoms with van der Waals surface area (Å²) in [6.45, 7) is 2.49. The fourth-order valence-electron chi connectivity index (χ4n) is 2.83. The molecule has 2 aromatic carbocycles. The molecule has 0 atom stereocenters. The standard InChI is InChI=1S/C20H21ClN2O3/c21-18-4-2-1-3-16(18)14-19(24)22-17-7-5-15(6-8-17)13-20(25)23-9-11-26-12-10-23/h1-8H,9-14H2,(H,22,24). The lowest BCUT2D eigenvalue weighted by Crippen LogP contribution is -2.41. The van der Waals surface area contributed by atoms with Crippen LogP contribution in [0.4, 0.5) is 5.69 Å². The number of rotatable bonds is 5. The third kappa shape index (κ3) is 5.07. The summed E-state index contributed by atoms with van der Waals surface area (Å²) in [6.07, 6.45) is 0.574. The van der Waals surface area contributed by atoms with Gasteiger partial charge in [0.1, 0.15) is 0 Å². The molecular weight excluding hydrogens is 352 g/mol. The van der Waals surface area contributed by atoms with Crippen molar-refractivity contribution in [2.75, 3.05) is 31.6 Å². The van der Waals surface area contributed by atoms with Crippen molar-refractivity contribution in [2.24, 2.45) is 0 Å². The van der Waals surface area contributed by atoms with Gasteiger partial charge in [-0.15, -0.1) is 0 Å². The SMILES string of the molecule is O=C(Cc1ccccc1Cl)Nc1ccc(CC(=O)N2CCOCC2)cc1. The maximum absolute atomic E-state index is 12.3. The highest BCUT2D eigenvalue weighted by molar-refractivity contribution is 6.31. The van der Waals surface area contributed by atoms with Gasteiger partial charge >= 0.3 is 0 Å². The molecular formula is C20H21ClN2O3. The number of ether oxygens (including phenoxy) is 1. The lowest BCUT2D eigenvalue weighted by Gasteiger charge is -2.26. The van der Waals surface area contributed by atoms with E-state index in [1.807, 2.05) is 47.4 Å². The number of hydrogen-bond donors (Lipinski definition) is 1. The molecule has 2 aromatic rings. The van der Waals surface area contributed by atoms with Crippen molar-refractivity contribution in [2.45, 2.75) is 12.8 Å². The van der Waals surface area contributed by atoms with Crippen molar-refractivity contribution in [1.82, 2.24) is 4.90 Å². The van der Waals surface area contributed by atoms with Crippen LogP contribution in [0.5, 0.6) is 0 Å². The zero-order chi connectivity index (χ0) is 18.4. The van der Waals surface area contributed by atoms with Gasteiger partial charge in [0.25, 0.3) is 0 Å². The van der Waals surface area contributed by atoms with E-state index in [1.165, 1.54) is 0 Å². The minimum absolute atomic E-state index is 0.101. The first-order valence-corrected chi connectivity index (χ1v) is 8.97. The van der Waals surface area contributed by atoms with Gasteiger partial charge in [-0.1, -0.05) is 41.9 Å². The van der Waals surface area contributed by atoms with E-state index < -0.39 is 0 Å². The van der Waals surface area contributed by atoms with Crippen LogP contribution in [0.3, 0.4) is 0 Å². The molecule has 1 fully saturated rings. The van der Waals surface area contributed by atoms with E-state index in [9.17, 15) is 9.59 Å². The van der Waals surface area contributed by atoms with Crippen LogP contribution in [0.15, 0.2) is 48.5 Å². The summed E-state index contributed by atoms with van der Waals surface area (Å²) in [5.41, 5.74) is 2.41. The molecule has 1 saturated heterocycles. The number of carbonyl (C=O) groups excluding carboxylic acids is 2. The summed E-state index contributed by atoms with van der Waals surface area (Å²) in [6, 6.07) is 14.6. The first kappa shape index (κ1) is 18.4. The second-order valence-corrected chi connectivity index (χ2v) is 6.59. The number of nitrogens with zero attached hydrogens (tertiary/aromatic N) is 1. The Labute approximate surface area is 157 Å². The Morgan fingerprint density at radius 3 is 2.38 bits per heavy atom. The van der Waals surface area contributed by atoms with Gasteiger partial charge in [-0.3, -0.25) is 9.59 Å². The lowest BCUT2D eigenvalue weighted by molar-refractivity contribution is -0.134.